The number of rotatable bonds is 9. The van der Waals surface area contributed by atoms with Crippen molar-refractivity contribution in [3.8, 4) is 5.75 Å². The molecule has 1 fully saturated rings. The maximum absolute atomic E-state index is 12.3. The van der Waals surface area contributed by atoms with Crippen molar-refractivity contribution in [1.82, 2.24) is 19.7 Å². The number of thioether (sulfide) groups is 1. The van der Waals surface area contributed by atoms with Crippen molar-refractivity contribution in [1.29, 1.82) is 0 Å². The first-order valence-corrected chi connectivity index (χ1v) is 10.6. The van der Waals surface area contributed by atoms with Crippen molar-refractivity contribution in [2.45, 2.75) is 51.4 Å². The molecule has 0 bridgehead atoms. The van der Waals surface area contributed by atoms with Crippen LogP contribution < -0.4 is 4.74 Å². The molecule has 7 heteroatoms. The number of likely N-dealkylation sites (tertiary alicyclic amines) is 1. The van der Waals surface area contributed by atoms with E-state index in [1.807, 2.05) is 35.2 Å². The second-order valence-corrected chi connectivity index (χ2v) is 8.15. The van der Waals surface area contributed by atoms with Gasteiger partial charge < -0.3 is 14.2 Å². The Morgan fingerprint density at radius 3 is 2.63 bits per heavy atom. The van der Waals surface area contributed by atoms with Gasteiger partial charge in [-0.25, -0.2) is 0 Å². The van der Waals surface area contributed by atoms with Gasteiger partial charge in [-0.2, -0.15) is 0 Å². The van der Waals surface area contributed by atoms with Gasteiger partial charge in [0.2, 0.25) is 5.91 Å². The molecule has 146 valence electrons. The van der Waals surface area contributed by atoms with Gasteiger partial charge in [0.1, 0.15) is 12.4 Å². The molecule has 0 saturated carbocycles. The Hall–Kier alpha value is -2.02. The summed E-state index contributed by atoms with van der Waals surface area (Å²) in [4.78, 5) is 14.3. The lowest BCUT2D eigenvalue weighted by molar-refractivity contribution is -0.127. The highest BCUT2D eigenvalue weighted by molar-refractivity contribution is 7.99. The molecular weight excluding hydrogens is 360 g/mol. The van der Waals surface area contributed by atoms with Gasteiger partial charge in [-0.05, 0) is 37.3 Å². The summed E-state index contributed by atoms with van der Waals surface area (Å²) in [5.41, 5.74) is 0. The molecule has 6 nitrogen and oxygen atoms in total. The minimum absolute atomic E-state index is 0.193. The number of ether oxygens (including phenoxy) is 1. The summed E-state index contributed by atoms with van der Waals surface area (Å²) in [6.45, 7) is 7.38. The third-order valence-corrected chi connectivity index (χ3v) is 5.57. The van der Waals surface area contributed by atoms with Crippen molar-refractivity contribution < 1.29 is 9.53 Å². The van der Waals surface area contributed by atoms with Crippen molar-refractivity contribution in [3.63, 3.8) is 0 Å². The van der Waals surface area contributed by atoms with Crippen molar-refractivity contribution >= 4 is 17.7 Å². The van der Waals surface area contributed by atoms with Gasteiger partial charge >= 0.3 is 0 Å². The predicted molar refractivity (Wildman–Crippen MR) is 107 cm³/mol. The van der Waals surface area contributed by atoms with Crippen molar-refractivity contribution in [2.75, 3.05) is 18.8 Å². The molecule has 0 spiro atoms. The molecule has 1 aliphatic heterocycles. The van der Waals surface area contributed by atoms with Gasteiger partial charge in [-0.3, -0.25) is 4.79 Å². The van der Waals surface area contributed by atoms with Crippen LogP contribution in [0.1, 0.15) is 38.9 Å². The summed E-state index contributed by atoms with van der Waals surface area (Å²) < 4.78 is 7.95. The number of hydrogen-bond acceptors (Lipinski definition) is 5. The molecule has 1 aliphatic rings. The number of aromatic nitrogens is 3. The fourth-order valence-electron chi connectivity index (χ4n) is 2.99. The van der Waals surface area contributed by atoms with Gasteiger partial charge in [-0.1, -0.05) is 43.8 Å². The van der Waals surface area contributed by atoms with Gasteiger partial charge in [0.25, 0.3) is 0 Å². The summed E-state index contributed by atoms with van der Waals surface area (Å²) in [5, 5.41) is 9.46. The Morgan fingerprint density at radius 1 is 1.19 bits per heavy atom. The molecule has 0 atom stereocenters. The Labute approximate surface area is 165 Å². The van der Waals surface area contributed by atoms with E-state index in [2.05, 4.69) is 28.6 Å². The lowest BCUT2D eigenvalue weighted by atomic mass is 10.1. The molecular formula is C20H28N4O2S. The van der Waals surface area contributed by atoms with Crippen LogP contribution in [0, 0.1) is 5.92 Å². The fraction of sp³-hybridized carbons (Fsp3) is 0.550. The number of carbonyl (C=O) groups is 1. The van der Waals surface area contributed by atoms with Gasteiger partial charge in [-0.15, -0.1) is 10.2 Å². The van der Waals surface area contributed by atoms with E-state index in [1.165, 1.54) is 11.8 Å². The van der Waals surface area contributed by atoms with Crippen molar-refractivity contribution in [2.24, 2.45) is 5.92 Å². The highest BCUT2D eigenvalue weighted by Gasteiger charge is 2.20. The zero-order chi connectivity index (χ0) is 19.1. The van der Waals surface area contributed by atoms with E-state index in [0.717, 1.165) is 55.6 Å². The molecule has 27 heavy (non-hydrogen) atoms. The number of para-hydroxylation sites is 1. The zero-order valence-corrected chi connectivity index (χ0v) is 17.0. The van der Waals surface area contributed by atoms with E-state index in [0.29, 0.717) is 18.3 Å². The summed E-state index contributed by atoms with van der Waals surface area (Å²) in [7, 11) is 0. The first-order chi connectivity index (χ1) is 13.1. The van der Waals surface area contributed by atoms with Crippen LogP contribution in [0.25, 0.3) is 0 Å². The highest BCUT2D eigenvalue weighted by Crippen LogP contribution is 2.21. The quantitative estimate of drug-likeness (QED) is 0.614. The minimum atomic E-state index is 0.193. The van der Waals surface area contributed by atoms with Gasteiger partial charge in [0, 0.05) is 19.6 Å². The number of carbonyl (C=O) groups excluding carboxylic acids is 1. The molecule has 1 amide bonds. The monoisotopic (exact) mass is 388 g/mol. The molecule has 1 aromatic heterocycles. The molecule has 0 aliphatic carbocycles. The lowest BCUT2D eigenvalue weighted by Gasteiger charge is -2.15. The van der Waals surface area contributed by atoms with Crippen LogP contribution in [0.5, 0.6) is 5.75 Å². The molecule has 0 N–H and O–H groups in total. The number of nitrogens with zero attached hydrogens (tertiary/aromatic N) is 4. The Bertz CT molecular complexity index is 727. The average Bonchev–Trinajstić information content (AvgIpc) is 3.33. The van der Waals surface area contributed by atoms with Crippen LogP contribution in [0.4, 0.5) is 0 Å². The first-order valence-electron chi connectivity index (χ1n) is 9.64. The SMILES string of the molecule is CC(C)CCn1c(COc2ccccc2)nnc1SCC(=O)N1CCCC1. The maximum Gasteiger partial charge on any atom is 0.233 e. The molecule has 0 radical (unpaired) electrons. The van der Waals surface area contributed by atoms with Crippen LogP contribution in [0.2, 0.25) is 0 Å². The third kappa shape index (κ3) is 5.73. The molecule has 1 saturated heterocycles. The normalized spacial score (nSPS) is 14.1. The summed E-state index contributed by atoms with van der Waals surface area (Å²) in [5.74, 6) is 2.81. The Kier molecular flexibility index (Phi) is 7.15. The van der Waals surface area contributed by atoms with E-state index in [1.54, 1.807) is 0 Å². The zero-order valence-electron chi connectivity index (χ0n) is 16.1. The maximum atomic E-state index is 12.3. The number of amides is 1. The van der Waals surface area contributed by atoms with Crippen LogP contribution in [0.15, 0.2) is 35.5 Å². The Morgan fingerprint density at radius 2 is 1.93 bits per heavy atom. The molecule has 3 rings (SSSR count). The lowest BCUT2D eigenvalue weighted by Crippen LogP contribution is -2.29. The van der Waals surface area contributed by atoms with Gasteiger partial charge in [0.15, 0.2) is 11.0 Å². The van der Waals surface area contributed by atoms with Crippen LogP contribution in [-0.2, 0) is 17.9 Å². The number of hydrogen-bond donors (Lipinski definition) is 0. The fourth-order valence-corrected chi connectivity index (χ4v) is 3.88. The van der Waals surface area contributed by atoms with Gasteiger partial charge in [0.05, 0.1) is 5.75 Å². The predicted octanol–water partition coefficient (Wildman–Crippen LogP) is 3.62. The summed E-state index contributed by atoms with van der Waals surface area (Å²) in [6, 6.07) is 9.72. The summed E-state index contributed by atoms with van der Waals surface area (Å²) >= 11 is 1.48. The van der Waals surface area contributed by atoms with Crippen LogP contribution >= 0.6 is 11.8 Å². The van der Waals surface area contributed by atoms with Crippen LogP contribution in [-0.4, -0.2) is 44.4 Å². The average molecular weight is 389 g/mol. The minimum Gasteiger partial charge on any atom is -0.486 e. The number of benzene rings is 1. The molecule has 0 unspecified atom stereocenters. The largest absolute Gasteiger partial charge is 0.486 e. The highest BCUT2D eigenvalue weighted by atomic mass is 32.2. The van der Waals surface area contributed by atoms with E-state index in [4.69, 9.17) is 4.74 Å². The molecule has 2 heterocycles. The second-order valence-electron chi connectivity index (χ2n) is 7.21. The standard InChI is InChI=1S/C20H28N4O2S/c1-16(2)10-13-24-18(14-26-17-8-4-3-5-9-17)21-22-20(24)27-15-19(25)23-11-6-7-12-23/h3-5,8-9,16H,6-7,10-15H2,1-2H3. The van der Waals surface area contributed by atoms with E-state index in [9.17, 15) is 4.79 Å². The summed E-state index contributed by atoms with van der Waals surface area (Å²) in [6.07, 6.45) is 3.26. The molecule has 1 aromatic carbocycles. The van der Waals surface area contributed by atoms with E-state index < -0.39 is 0 Å². The topological polar surface area (TPSA) is 60.2 Å². The second kappa shape index (κ2) is 9.78. The first kappa shape index (κ1) is 19.7. The van der Waals surface area contributed by atoms with Crippen LogP contribution in [0.3, 0.4) is 0 Å². The smallest absolute Gasteiger partial charge is 0.233 e. The van der Waals surface area contributed by atoms with E-state index in [-0.39, 0.29) is 5.91 Å². The van der Waals surface area contributed by atoms with E-state index >= 15 is 0 Å². The Balaban J connectivity index is 1.64. The molecule has 2 aromatic rings. The third-order valence-electron chi connectivity index (χ3n) is 4.62. The van der Waals surface area contributed by atoms with Crippen molar-refractivity contribution in [3.05, 3.63) is 36.2 Å².